The van der Waals surface area contributed by atoms with E-state index in [-0.39, 0.29) is 94.1 Å². The van der Waals surface area contributed by atoms with Gasteiger partial charge in [-0.25, -0.2) is 19.7 Å². The van der Waals surface area contributed by atoms with Crippen LogP contribution < -0.4 is 43.0 Å². The van der Waals surface area contributed by atoms with Gasteiger partial charge >= 0.3 is 6.09 Å². The van der Waals surface area contributed by atoms with Crippen LogP contribution in [0.3, 0.4) is 0 Å². The molecule has 3 aromatic carbocycles. The monoisotopic (exact) mass is 1330 g/mol. The number of likely N-dealkylation sites (tertiary alicyclic amines) is 1. The van der Waals surface area contributed by atoms with Crippen LogP contribution in [0.1, 0.15) is 114 Å². The van der Waals surface area contributed by atoms with E-state index < -0.39 is 119 Å². The molecular weight excluding hydrogens is 1230 g/mol. The second kappa shape index (κ2) is 34.9. The van der Waals surface area contributed by atoms with Crippen molar-refractivity contribution in [2.75, 3.05) is 6.54 Å². The fourth-order valence-electron chi connectivity index (χ4n) is 11.5. The predicted octanol–water partition coefficient (Wildman–Crippen LogP) is 2.76. The molecule has 6 aromatic rings. The lowest BCUT2D eigenvalue weighted by Crippen LogP contribution is -2.60. The fraction of sp³-hybridized carbons (Fsp3) is 0.471. The number of aromatic hydroxyl groups is 2. The Kier molecular flexibility index (Phi) is 26.6. The third kappa shape index (κ3) is 23.1. The zero-order valence-corrected chi connectivity index (χ0v) is 55.2. The summed E-state index contributed by atoms with van der Waals surface area (Å²) in [6.45, 7) is 12.8. The number of aromatic nitrogens is 6. The molecule has 28 heteroatoms. The molecule has 516 valence electrons. The number of rotatable bonds is 34. The number of aromatic amines is 3. The van der Waals surface area contributed by atoms with Crippen LogP contribution in [0.5, 0.6) is 11.5 Å². The van der Waals surface area contributed by atoms with E-state index in [2.05, 4.69) is 67.1 Å². The number of phenolic OH excluding ortho intramolecular Hbond substituents is 2. The van der Waals surface area contributed by atoms with E-state index in [1.54, 1.807) is 75.4 Å². The van der Waals surface area contributed by atoms with Crippen LogP contribution in [0.2, 0.25) is 0 Å². The van der Waals surface area contributed by atoms with E-state index in [4.69, 9.17) is 10.5 Å². The third-order valence-electron chi connectivity index (χ3n) is 16.2. The van der Waals surface area contributed by atoms with E-state index in [0.29, 0.717) is 40.2 Å². The Bertz CT molecular complexity index is 3490. The summed E-state index contributed by atoms with van der Waals surface area (Å²) in [5, 5.41) is 52.3. The minimum Gasteiger partial charge on any atom is -0.508 e. The number of nitrogens with two attached hydrogens (primary N) is 1. The Balaban J connectivity index is 1.11. The fourth-order valence-corrected chi connectivity index (χ4v) is 11.5. The molecule has 0 radical (unpaired) electrons. The van der Waals surface area contributed by atoms with Crippen LogP contribution in [-0.2, 0) is 81.6 Å². The SMILES string of the molecule is CC(C)C[C@@H](C[C@H](O)[C@H](CC(C)C)NC(=O)[C@H](Cc1cnc[nH]1)NC(=O)[C@H](Cc1ccccc1)NC(=O)[C@@H]1CCCN1C(=O)[C@H](Cc1cnc[nH]1)NC(=O)OC(C)(C)C)C(=O)N[C@@H](Cc1ccc(O)cc1)C(=O)N[C@@H](Cc1ccc(O)cc1)C(=O)N[C@@H](Cc1cnc[nH]1)C(N)=O. The van der Waals surface area contributed by atoms with Crippen molar-refractivity contribution < 1.29 is 63.2 Å². The first kappa shape index (κ1) is 73.3. The largest absolute Gasteiger partial charge is 0.508 e. The van der Waals surface area contributed by atoms with Gasteiger partial charge in [0.25, 0.3) is 0 Å². The van der Waals surface area contributed by atoms with Gasteiger partial charge in [0.05, 0.1) is 31.1 Å². The van der Waals surface area contributed by atoms with Gasteiger partial charge in [0.2, 0.25) is 47.3 Å². The zero-order valence-electron chi connectivity index (χ0n) is 55.2. The minimum atomic E-state index is -1.40. The Morgan fingerprint density at radius 3 is 1.43 bits per heavy atom. The molecule has 96 heavy (non-hydrogen) atoms. The number of H-pyrrole nitrogens is 3. The Morgan fingerprint density at radius 1 is 0.542 bits per heavy atom. The summed E-state index contributed by atoms with van der Waals surface area (Å²) >= 11 is 0. The Labute approximate surface area is 557 Å². The quantitative estimate of drug-likeness (QED) is 0.0276. The Hall–Kier alpha value is -10.1. The molecule has 15 N–H and O–H groups in total. The molecule has 4 heterocycles. The van der Waals surface area contributed by atoms with Crippen molar-refractivity contribution in [3.05, 3.63) is 150 Å². The van der Waals surface area contributed by atoms with Crippen LogP contribution in [-0.4, -0.2) is 170 Å². The molecule has 1 saturated heterocycles. The number of aliphatic hydroxyl groups is 1. The molecular formula is C68H91N15O13. The van der Waals surface area contributed by atoms with Gasteiger partial charge in [0, 0.05) is 86.7 Å². The van der Waals surface area contributed by atoms with Gasteiger partial charge in [0.15, 0.2) is 0 Å². The molecule has 0 aliphatic carbocycles. The number of nitrogens with one attached hydrogen (secondary N) is 10. The van der Waals surface area contributed by atoms with Crippen LogP contribution in [0.25, 0.3) is 0 Å². The summed E-state index contributed by atoms with van der Waals surface area (Å²) in [5.41, 5.74) is 8.05. The van der Waals surface area contributed by atoms with Gasteiger partial charge in [-0.2, -0.15) is 0 Å². The number of benzene rings is 3. The molecule has 0 saturated carbocycles. The molecule has 7 rings (SSSR count). The van der Waals surface area contributed by atoms with Crippen LogP contribution in [0.4, 0.5) is 4.79 Å². The van der Waals surface area contributed by atoms with Gasteiger partial charge < -0.3 is 82.9 Å². The topological polar surface area (TPSA) is 423 Å². The second-order valence-corrected chi connectivity index (χ2v) is 26.2. The minimum absolute atomic E-state index is 0.00242. The molecule has 1 fully saturated rings. The number of aliphatic hydroxyl groups excluding tert-OH is 1. The molecule has 3 aromatic heterocycles. The standard InChI is InChI=1S/C68H91N15O13/c1-39(2)24-44(60(88)78-52(27-42-15-19-48(84)20-16-42)62(90)79-53(28-43-17-21-49(85)22-18-43)61(89)77-51(59(69)87)30-45-33-70-36-73-45)29-58(86)50(25-40(3)4)76-64(92)55(31-46-34-71-37-74-46)80-63(91)54(26-41-12-9-8-10-13-41)81-65(93)57-14-11-23-83(57)66(94)56(32-47-35-72-38-75-47)82-67(95)96-68(5,6)7/h8-10,12-13,15-22,33-40,44,50-58,84-86H,11,14,23-32H2,1-7H3,(H2,69,87)(H,70,73)(H,71,74)(H,72,75)(H,76,92)(H,77,89)(H,78,88)(H,79,90)(H,80,91)(H,81,93)(H,82,95)/t44-,50-,51-,52-,53-,54-,55-,56-,57-,58-/m0/s1. The van der Waals surface area contributed by atoms with Crippen molar-refractivity contribution in [2.24, 2.45) is 23.5 Å². The van der Waals surface area contributed by atoms with Gasteiger partial charge in [-0.15, -0.1) is 0 Å². The van der Waals surface area contributed by atoms with E-state index in [0.717, 1.165) is 0 Å². The number of carbonyl (C=O) groups is 9. The van der Waals surface area contributed by atoms with Crippen molar-refractivity contribution >= 4 is 53.4 Å². The van der Waals surface area contributed by atoms with Gasteiger partial charge in [-0.1, -0.05) is 82.3 Å². The number of ether oxygens (including phenoxy) is 1. The molecule has 9 amide bonds. The summed E-state index contributed by atoms with van der Waals surface area (Å²) in [6.07, 6.45) is 6.83. The average Bonchev–Trinajstić information content (AvgIpc) is 1.59. The number of alkyl carbamates (subject to hydrolysis) is 1. The lowest BCUT2D eigenvalue weighted by atomic mass is 9.86. The molecule has 0 spiro atoms. The first-order valence-electron chi connectivity index (χ1n) is 32.3. The van der Waals surface area contributed by atoms with E-state index >= 15 is 0 Å². The van der Waals surface area contributed by atoms with Crippen molar-refractivity contribution in [2.45, 2.75) is 179 Å². The highest BCUT2D eigenvalue weighted by molar-refractivity contribution is 5.97. The van der Waals surface area contributed by atoms with Crippen molar-refractivity contribution in [3.8, 4) is 11.5 Å². The lowest BCUT2D eigenvalue weighted by Gasteiger charge is -2.32. The maximum atomic E-state index is 15.0. The Morgan fingerprint density at radius 2 is 0.969 bits per heavy atom. The third-order valence-corrected chi connectivity index (χ3v) is 16.2. The number of phenols is 2. The molecule has 0 bridgehead atoms. The maximum Gasteiger partial charge on any atom is 0.408 e. The van der Waals surface area contributed by atoms with Crippen molar-refractivity contribution in [1.82, 2.24) is 72.0 Å². The zero-order chi connectivity index (χ0) is 69.6. The van der Waals surface area contributed by atoms with Crippen molar-refractivity contribution in [3.63, 3.8) is 0 Å². The molecule has 28 nitrogen and oxygen atoms in total. The van der Waals surface area contributed by atoms with Crippen molar-refractivity contribution in [1.29, 1.82) is 0 Å². The average molecular weight is 1330 g/mol. The highest BCUT2D eigenvalue weighted by atomic mass is 16.6. The number of nitrogens with zero attached hydrogens (tertiary/aromatic N) is 4. The highest BCUT2D eigenvalue weighted by Crippen LogP contribution is 2.25. The maximum absolute atomic E-state index is 15.0. The number of hydrogen-bond donors (Lipinski definition) is 14. The van der Waals surface area contributed by atoms with E-state index in [9.17, 15) is 58.5 Å². The molecule has 0 unspecified atom stereocenters. The normalized spacial score (nSPS) is 15.9. The van der Waals surface area contributed by atoms with E-state index in [1.165, 1.54) is 66.7 Å². The lowest BCUT2D eigenvalue weighted by molar-refractivity contribution is -0.141. The number of amides is 9. The number of carbonyl (C=O) groups excluding carboxylic acids is 9. The first-order valence-corrected chi connectivity index (χ1v) is 32.3. The van der Waals surface area contributed by atoms with Crippen LogP contribution in [0.15, 0.2) is 116 Å². The summed E-state index contributed by atoms with van der Waals surface area (Å²) in [4.78, 5) is 151. The smallest absolute Gasteiger partial charge is 0.408 e. The molecule has 1 aliphatic rings. The first-order chi connectivity index (χ1) is 45.7. The highest BCUT2D eigenvalue weighted by Gasteiger charge is 2.41. The summed E-state index contributed by atoms with van der Waals surface area (Å²) in [6, 6.07) is 10.9. The van der Waals surface area contributed by atoms with Gasteiger partial charge in [-0.3, -0.25) is 38.4 Å². The molecule has 1 aliphatic heterocycles. The van der Waals surface area contributed by atoms with Crippen LogP contribution in [0, 0.1) is 17.8 Å². The molecule has 10 atom stereocenters. The second-order valence-electron chi connectivity index (χ2n) is 26.2. The van der Waals surface area contributed by atoms with Gasteiger partial charge in [-0.05, 0) is 106 Å². The number of imidazole rings is 3. The summed E-state index contributed by atoms with van der Waals surface area (Å²) in [7, 11) is 0. The number of hydrogen-bond acceptors (Lipinski definition) is 16. The van der Waals surface area contributed by atoms with E-state index in [1.807, 2.05) is 27.7 Å². The summed E-state index contributed by atoms with van der Waals surface area (Å²) in [5.74, 6) is -7.15. The summed E-state index contributed by atoms with van der Waals surface area (Å²) < 4.78 is 5.49. The van der Waals surface area contributed by atoms with Crippen LogP contribution >= 0.6 is 0 Å². The predicted molar refractivity (Wildman–Crippen MR) is 352 cm³/mol. The van der Waals surface area contributed by atoms with Gasteiger partial charge in [0.1, 0.15) is 59.4 Å². The number of primary amides is 1.